The predicted octanol–water partition coefficient (Wildman–Crippen LogP) is -1.10. The number of β-lactam (4-membered cyclic amide) rings is 2. The Kier molecular flexibility index (Phi) is 2.32. The topological polar surface area (TPSA) is 72.9 Å². The summed E-state index contributed by atoms with van der Waals surface area (Å²) in [7, 11) is 1.13. The smallest absolute Gasteiger partial charge is 0.271 e. The molecule has 6 nitrogen and oxygen atoms in total. The third kappa shape index (κ3) is 1.62. The molecular weight excluding hydrogens is 174 g/mol. The van der Waals surface area contributed by atoms with Crippen LogP contribution in [0.15, 0.2) is 0 Å². The number of rotatable bonds is 3. The summed E-state index contributed by atoms with van der Waals surface area (Å²) in [6.45, 7) is 0. The Morgan fingerprint density at radius 3 is 2.36 bits per heavy atom. The van der Waals surface area contributed by atoms with Crippen molar-refractivity contribution in [2.24, 2.45) is 0 Å². The molecule has 1 unspecified atom stereocenters. The van der Waals surface area contributed by atoms with E-state index in [-0.39, 0.29) is 6.42 Å². The lowest BCUT2D eigenvalue weighted by atomic mass is 10.2. The van der Waals surface area contributed by atoms with Gasteiger partial charge in [0.25, 0.3) is 11.8 Å². The Morgan fingerprint density at radius 2 is 2.00 bits per heavy atom. The Morgan fingerprint density at radius 1 is 1.45 bits per heavy atom. The quantitative estimate of drug-likeness (QED) is 0.406. The fourth-order valence-electron chi connectivity index (χ4n) is 0.495. The average molecular weight is 179 g/mol. The van der Waals surface area contributed by atoms with Crippen LogP contribution < -0.4 is 0 Å². The minimum Gasteiger partial charge on any atom is -0.271 e. The highest BCUT2D eigenvalue weighted by Crippen LogP contribution is 2.12. The molecule has 0 N–H and O–H groups in total. The molecular formula is C4H5NO5S. The molecule has 1 heterocycles. The first-order chi connectivity index (χ1) is 5.15. The predicted molar refractivity (Wildman–Crippen MR) is 32.7 cm³/mol. The van der Waals surface area contributed by atoms with Crippen molar-refractivity contribution in [1.29, 1.82) is 0 Å². The molecule has 2 amide bonds. The number of hydrogen-bond donors (Lipinski definition) is 0. The molecule has 1 saturated heterocycles. The van der Waals surface area contributed by atoms with Crippen LogP contribution in [-0.2, 0) is 29.4 Å². The molecule has 1 fully saturated rings. The van der Waals surface area contributed by atoms with Gasteiger partial charge < -0.3 is 0 Å². The fourth-order valence-corrected chi connectivity index (χ4v) is 0.844. The molecule has 0 aromatic rings. The Bertz CT molecular complexity index is 213. The number of amides is 2. The lowest BCUT2D eigenvalue weighted by Crippen LogP contribution is -2.48. The van der Waals surface area contributed by atoms with Gasteiger partial charge in [0.05, 0.1) is 7.11 Å². The molecule has 0 radical (unpaired) electrons. The van der Waals surface area contributed by atoms with Crippen LogP contribution in [0.4, 0.5) is 0 Å². The maximum atomic E-state index is 10.5. The van der Waals surface area contributed by atoms with Gasteiger partial charge in [-0.25, -0.2) is 0 Å². The van der Waals surface area contributed by atoms with Crippen molar-refractivity contribution in [3.05, 3.63) is 0 Å². The monoisotopic (exact) mass is 179 g/mol. The zero-order chi connectivity index (χ0) is 8.43. The fraction of sp³-hybridized carbons (Fsp3) is 0.500. The van der Waals surface area contributed by atoms with E-state index in [2.05, 4.69) is 8.47 Å². The van der Waals surface area contributed by atoms with Gasteiger partial charge in [-0.3, -0.25) is 13.8 Å². The summed E-state index contributed by atoms with van der Waals surface area (Å²) in [5.74, 6) is -1.03. The van der Waals surface area contributed by atoms with E-state index in [0.717, 1.165) is 7.11 Å². The lowest BCUT2D eigenvalue weighted by Gasteiger charge is -2.24. The van der Waals surface area contributed by atoms with Crippen molar-refractivity contribution in [2.45, 2.75) is 6.42 Å². The summed E-state index contributed by atoms with van der Waals surface area (Å²) in [5, 5.41) is 0.416. The zero-order valence-electron chi connectivity index (χ0n) is 5.60. The average Bonchev–Trinajstić information content (AvgIpc) is 2.00. The first-order valence-corrected chi connectivity index (χ1v) is 3.65. The second kappa shape index (κ2) is 3.07. The number of hydroxylamine groups is 2. The van der Waals surface area contributed by atoms with Crippen LogP contribution in [0.5, 0.6) is 0 Å². The van der Waals surface area contributed by atoms with Gasteiger partial charge in [-0.15, -0.1) is 9.35 Å². The van der Waals surface area contributed by atoms with Gasteiger partial charge in [-0.1, -0.05) is 0 Å². The molecule has 1 atom stereocenters. The number of carbonyl (C=O) groups excluding carboxylic acids is 2. The number of imide groups is 1. The number of nitrogens with zero attached hydrogens (tertiary/aromatic N) is 1. The molecule has 1 aliphatic rings. The van der Waals surface area contributed by atoms with E-state index >= 15 is 0 Å². The molecule has 7 heteroatoms. The van der Waals surface area contributed by atoms with Crippen LogP contribution in [0.2, 0.25) is 0 Å². The molecule has 0 aromatic carbocycles. The summed E-state index contributed by atoms with van der Waals surface area (Å²) < 4.78 is 18.8. The Labute approximate surface area is 64.9 Å². The number of carbonyl (C=O) groups is 2. The molecule has 0 bridgehead atoms. The molecule has 62 valence electrons. The summed E-state index contributed by atoms with van der Waals surface area (Å²) in [4.78, 5) is 21.0. The van der Waals surface area contributed by atoms with E-state index in [1.165, 1.54) is 0 Å². The van der Waals surface area contributed by atoms with Crippen molar-refractivity contribution < 1.29 is 22.3 Å². The second-order valence-electron chi connectivity index (χ2n) is 1.70. The van der Waals surface area contributed by atoms with Gasteiger partial charge in [0, 0.05) is 0 Å². The van der Waals surface area contributed by atoms with Crippen molar-refractivity contribution in [2.75, 3.05) is 7.11 Å². The van der Waals surface area contributed by atoms with Crippen LogP contribution in [-0.4, -0.2) is 28.2 Å². The highest BCUT2D eigenvalue weighted by molar-refractivity contribution is 7.75. The van der Waals surface area contributed by atoms with Gasteiger partial charge in [0.15, 0.2) is 0 Å². The van der Waals surface area contributed by atoms with E-state index in [1.54, 1.807) is 0 Å². The van der Waals surface area contributed by atoms with Crippen LogP contribution in [0.25, 0.3) is 0 Å². The Hall–Kier alpha value is -0.790. The maximum Gasteiger partial charge on any atom is 0.327 e. The van der Waals surface area contributed by atoms with Gasteiger partial charge in [-0.05, 0) is 0 Å². The largest absolute Gasteiger partial charge is 0.327 e. The summed E-state index contributed by atoms with van der Waals surface area (Å²) in [6, 6.07) is 0. The molecule has 0 spiro atoms. The van der Waals surface area contributed by atoms with E-state index in [1.807, 2.05) is 0 Å². The lowest BCUT2D eigenvalue weighted by molar-refractivity contribution is -0.187. The van der Waals surface area contributed by atoms with Crippen LogP contribution in [0.1, 0.15) is 6.42 Å². The summed E-state index contributed by atoms with van der Waals surface area (Å²) in [6.07, 6.45) is -0.194. The van der Waals surface area contributed by atoms with E-state index in [9.17, 15) is 13.8 Å². The van der Waals surface area contributed by atoms with Crippen molar-refractivity contribution >= 4 is 23.2 Å². The first kappa shape index (κ1) is 8.31. The van der Waals surface area contributed by atoms with Crippen molar-refractivity contribution in [3.8, 4) is 0 Å². The first-order valence-electron chi connectivity index (χ1n) is 2.65. The van der Waals surface area contributed by atoms with Crippen LogP contribution in [0.3, 0.4) is 0 Å². The highest BCUT2D eigenvalue weighted by atomic mass is 32.2. The zero-order valence-corrected chi connectivity index (χ0v) is 6.42. The minimum absolute atomic E-state index is 0.194. The molecule has 1 rings (SSSR count). The molecule has 1 aliphatic heterocycles. The number of hydrogen-bond acceptors (Lipinski definition) is 5. The van der Waals surface area contributed by atoms with Crippen LogP contribution >= 0.6 is 0 Å². The van der Waals surface area contributed by atoms with Gasteiger partial charge >= 0.3 is 11.4 Å². The third-order valence-electron chi connectivity index (χ3n) is 1.03. The second-order valence-corrected chi connectivity index (χ2v) is 2.59. The Balaban J connectivity index is 2.43. The molecule has 0 aliphatic carbocycles. The normalized spacial score (nSPS) is 19.9. The van der Waals surface area contributed by atoms with Gasteiger partial charge in [0.1, 0.15) is 6.42 Å². The summed E-state index contributed by atoms with van der Waals surface area (Å²) >= 11 is -2.06. The van der Waals surface area contributed by atoms with Gasteiger partial charge in [0.2, 0.25) is 0 Å². The SMILES string of the molecule is COS(=O)ON1C(=O)CC1=O. The van der Waals surface area contributed by atoms with Crippen molar-refractivity contribution in [3.63, 3.8) is 0 Å². The van der Waals surface area contributed by atoms with E-state index in [0.29, 0.717) is 5.06 Å². The van der Waals surface area contributed by atoms with E-state index in [4.69, 9.17) is 0 Å². The standard InChI is InChI=1S/C4H5NO5S/c1-9-11(8)10-5-3(6)2-4(5)7/h2H2,1H3. The highest BCUT2D eigenvalue weighted by Gasteiger charge is 2.37. The van der Waals surface area contributed by atoms with Crippen LogP contribution in [0, 0.1) is 0 Å². The third-order valence-corrected chi connectivity index (χ3v) is 1.57. The van der Waals surface area contributed by atoms with E-state index < -0.39 is 23.2 Å². The summed E-state index contributed by atoms with van der Waals surface area (Å²) in [5.41, 5.74) is 0. The molecule has 0 aromatic heterocycles. The maximum absolute atomic E-state index is 10.5. The molecule has 11 heavy (non-hydrogen) atoms. The minimum atomic E-state index is -2.06. The molecule has 0 saturated carbocycles. The van der Waals surface area contributed by atoms with Crippen molar-refractivity contribution in [1.82, 2.24) is 5.06 Å². The van der Waals surface area contributed by atoms with Gasteiger partial charge in [-0.2, -0.15) is 4.21 Å².